The lowest BCUT2D eigenvalue weighted by atomic mass is 10.0. The molecule has 0 aliphatic rings. The summed E-state index contributed by atoms with van der Waals surface area (Å²) in [6, 6.07) is 13.6. The van der Waals surface area contributed by atoms with Gasteiger partial charge in [-0.3, -0.25) is 5.73 Å². The van der Waals surface area contributed by atoms with E-state index >= 15 is 0 Å². The first-order valence-corrected chi connectivity index (χ1v) is 7.45. The number of hydrogen-bond acceptors (Lipinski definition) is 4. The number of aromatic amines is 1. The molecule has 1 aromatic carbocycles. The second-order valence-electron chi connectivity index (χ2n) is 3.91. The smallest absolute Gasteiger partial charge is 0.271 e. The van der Waals surface area contributed by atoms with Crippen LogP contribution in [0, 0.1) is 22.7 Å². The highest BCUT2D eigenvalue weighted by molar-refractivity contribution is 9.10. The van der Waals surface area contributed by atoms with Crippen molar-refractivity contribution in [1.29, 1.82) is 10.5 Å². The fraction of sp³-hybridized carbons (Fsp3) is 0.0714. The number of H-pyrrole nitrogens is 1. The van der Waals surface area contributed by atoms with Crippen molar-refractivity contribution >= 4 is 33.5 Å². The maximum absolute atomic E-state index is 9.39. The third kappa shape index (κ3) is 3.11. The number of rotatable bonds is 3. The minimum absolute atomic E-state index is 0.258. The zero-order chi connectivity index (χ0) is 14.5. The van der Waals surface area contributed by atoms with E-state index in [-0.39, 0.29) is 5.75 Å². The quantitative estimate of drug-likeness (QED) is 0.866. The van der Waals surface area contributed by atoms with Crippen LogP contribution < -0.4 is 10.7 Å². The molecule has 0 unspecified atom stereocenters. The highest BCUT2D eigenvalue weighted by Crippen LogP contribution is 2.30. The van der Waals surface area contributed by atoms with Gasteiger partial charge in [-0.05, 0) is 17.7 Å². The molecule has 0 aliphatic heterocycles. The number of nitrogen functional groups attached to an aromatic ring is 1. The number of nitrogens with two attached hydrogens (primary N) is 1. The molecular formula is C14H10BrN4S+. The van der Waals surface area contributed by atoms with Gasteiger partial charge in [0, 0.05) is 16.1 Å². The summed E-state index contributed by atoms with van der Waals surface area (Å²) in [4.78, 5) is 2.94. The number of halogens is 1. The standard InChI is InChI=1S/C14H9BrN4S/c15-10-3-1-9(2-4-10)11-7-13(18)19-14(12(11)8-17)20-6-5-16/h1-4,7H,6H2,(H2,18,19)/p+1. The van der Waals surface area contributed by atoms with Gasteiger partial charge in [0.2, 0.25) is 0 Å². The van der Waals surface area contributed by atoms with E-state index in [1.54, 1.807) is 6.07 Å². The average Bonchev–Trinajstić information content (AvgIpc) is 2.45. The molecule has 0 spiro atoms. The summed E-state index contributed by atoms with van der Waals surface area (Å²) in [5.74, 6) is 0.719. The molecule has 2 aromatic rings. The van der Waals surface area contributed by atoms with Crippen molar-refractivity contribution in [2.75, 3.05) is 11.5 Å². The van der Waals surface area contributed by atoms with Crippen LogP contribution in [0.2, 0.25) is 0 Å². The molecule has 20 heavy (non-hydrogen) atoms. The topological polar surface area (TPSA) is 87.7 Å². The molecule has 0 bridgehead atoms. The third-order valence-electron chi connectivity index (χ3n) is 2.60. The second kappa shape index (κ2) is 6.42. The van der Waals surface area contributed by atoms with Crippen LogP contribution in [0.4, 0.5) is 5.82 Å². The van der Waals surface area contributed by atoms with Crippen molar-refractivity contribution in [3.05, 3.63) is 40.4 Å². The Labute approximate surface area is 129 Å². The minimum atomic E-state index is 0.258. The van der Waals surface area contributed by atoms with Crippen LogP contribution in [-0.4, -0.2) is 5.75 Å². The Morgan fingerprint density at radius 1 is 1.25 bits per heavy atom. The minimum Gasteiger partial charge on any atom is -0.287 e. The summed E-state index contributed by atoms with van der Waals surface area (Å²) in [7, 11) is 0. The number of nitriles is 2. The molecule has 98 valence electrons. The van der Waals surface area contributed by atoms with E-state index < -0.39 is 0 Å². The van der Waals surface area contributed by atoms with E-state index in [4.69, 9.17) is 11.0 Å². The van der Waals surface area contributed by atoms with Gasteiger partial charge >= 0.3 is 0 Å². The molecule has 0 radical (unpaired) electrons. The zero-order valence-electron chi connectivity index (χ0n) is 10.4. The molecule has 0 fully saturated rings. The molecule has 0 atom stereocenters. The summed E-state index contributed by atoms with van der Waals surface area (Å²) in [6.45, 7) is 0. The lowest BCUT2D eigenvalue weighted by Crippen LogP contribution is -2.15. The molecule has 1 heterocycles. The van der Waals surface area contributed by atoms with Crippen LogP contribution in [0.5, 0.6) is 0 Å². The number of hydrogen-bond donors (Lipinski definition) is 1. The van der Waals surface area contributed by atoms with E-state index in [0.717, 1.165) is 15.6 Å². The van der Waals surface area contributed by atoms with E-state index in [1.807, 2.05) is 30.3 Å². The predicted molar refractivity (Wildman–Crippen MR) is 81.6 cm³/mol. The summed E-state index contributed by atoms with van der Waals surface area (Å²) in [5, 5.41) is 18.7. The Kier molecular flexibility index (Phi) is 4.62. The molecule has 6 heteroatoms. The number of thioether (sulfide) groups is 1. The number of nitrogens with zero attached hydrogens (tertiary/aromatic N) is 2. The Morgan fingerprint density at radius 2 is 1.95 bits per heavy atom. The first kappa shape index (κ1) is 14.4. The normalized spacial score (nSPS) is 9.75. The number of benzene rings is 1. The number of anilines is 1. The van der Waals surface area contributed by atoms with Crippen LogP contribution in [0.15, 0.2) is 39.8 Å². The zero-order valence-corrected chi connectivity index (χ0v) is 12.8. The Hall–Kier alpha value is -2.02. The van der Waals surface area contributed by atoms with Crippen LogP contribution >= 0.6 is 27.7 Å². The second-order valence-corrected chi connectivity index (χ2v) is 5.81. The van der Waals surface area contributed by atoms with E-state index in [1.165, 1.54) is 11.8 Å². The average molecular weight is 346 g/mol. The first-order chi connectivity index (χ1) is 9.65. The summed E-state index contributed by atoms with van der Waals surface area (Å²) < 4.78 is 0.967. The molecule has 0 amide bonds. The fourth-order valence-corrected chi connectivity index (χ4v) is 2.72. The molecule has 0 saturated heterocycles. The maximum Gasteiger partial charge on any atom is 0.271 e. The maximum atomic E-state index is 9.39. The molecule has 4 nitrogen and oxygen atoms in total. The molecule has 0 aliphatic carbocycles. The van der Waals surface area contributed by atoms with Gasteiger partial charge in [0.1, 0.15) is 11.6 Å². The number of aromatic nitrogens is 1. The van der Waals surface area contributed by atoms with Gasteiger partial charge in [-0.15, -0.1) is 0 Å². The van der Waals surface area contributed by atoms with E-state index in [2.05, 4.69) is 27.0 Å². The molecular weight excluding hydrogens is 336 g/mol. The van der Waals surface area contributed by atoms with Gasteiger partial charge in [0.25, 0.3) is 5.82 Å². The number of nitrogens with one attached hydrogen (secondary N) is 1. The summed E-state index contributed by atoms with van der Waals surface area (Å²) in [5.41, 5.74) is 8.02. The SMILES string of the molecule is N#CCSc1[nH+]c(N)cc(-c2ccc(Br)cc2)c1C#N. The molecule has 2 rings (SSSR count). The monoisotopic (exact) mass is 345 g/mol. The highest BCUT2D eigenvalue weighted by Gasteiger charge is 2.16. The van der Waals surface area contributed by atoms with Crippen molar-refractivity contribution in [2.24, 2.45) is 0 Å². The van der Waals surface area contributed by atoms with Gasteiger partial charge in [-0.2, -0.15) is 10.5 Å². The first-order valence-electron chi connectivity index (χ1n) is 5.67. The Bertz CT molecular complexity index is 714. The fourth-order valence-electron chi connectivity index (χ4n) is 1.76. The van der Waals surface area contributed by atoms with Crippen LogP contribution in [0.1, 0.15) is 5.56 Å². The Morgan fingerprint density at radius 3 is 2.55 bits per heavy atom. The number of pyridine rings is 1. The van der Waals surface area contributed by atoms with Gasteiger partial charge in [0.15, 0.2) is 5.03 Å². The lowest BCUT2D eigenvalue weighted by molar-refractivity contribution is -0.409. The Balaban J connectivity index is 2.58. The predicted octanol–water partition coefficient (Wildman–Crippen LogP) is 3.00. The molecule has 3 N–H and O–H groups in total. The van der Waals surface area contributed by atoms with Crippen molar-refractivity contribution < 1.29 is 4.98 Å². The highest BCUT2D eigenvalue weighted by atomic mass is 79.9. The van der Waals surface area contributed by atoms with E-state index in [9.17, 15) is 5.26 Å². The summed E-state index contributed by atoms with van der Waals surface area (Å²) in [6.07, 6.45) is 0. The van der Waals surface area contributed by atoms with Crippen molar-refractivity contribution in [2.45, 2.75) is 5.03 Å². The van der Waals surface area contributed by atoms with Gasteiger partial charge in [-0.25, -0.2) is 4.98 Å². The molecule has 1 aromatic heterocycles. The third-order valence-corrected chi connectivity index (χ3v) is 4.00. The summed E-state index contributed by atoms with van der Waals surface area (Å²) >= 11 is 4.65. The molecule has 0 saturated carbocycles. The largest absolute Gasteiger partial charge is 0.287 e. The van der Waals surface area contributed by atoms with Gasteiger partial charge in [0.05, 0.1) is 11.8 Å². The van der Waals surface area contributed by atoms with E-state index in [0.29, 0.717) is 16.4 Å². The van der Waals surface area contributed by atoms with Crippen molar-refractivity contribution in [1.82, 2.24) is 0 Å². The van der Waals surface area contributed by atoms with Crippen LogP contribution in [-0.2, 0) is 0 Å². The van der Waals surface area contributed by atoms with Crippen molar-refractivity contribution in [3.8, 4) is 23.3 Å². The lowest BCUT2D eigenvalue weighted by Gasteiger charge is -2.07. The van der Waals surface area contributed by atoms with Crippen LogP contribution in [0.25, 0.3) is 11.1 Å². The van der Waals surface area contributed by atoms with Crippen LogP contribution in [0.3, 0.4) is 0 Å². The van der Waals surface area contributed by atoms with Crippen molar-refractivity contribution in [3.63, 3.8) is 0 Å². The van der Waals surface area contributed by atoms with Gasteiger partial charge in [-0.1, -0.05) is 39.8 Å². The van der Waals surface area contributed by atoms with Gasteiger partial charge < -0.3 is 0 Å².